The molecule has 0 unspecified atom stereocenters. The fourth-order valence-corrected chi connectivity index (χ4v) is 2.75. The number of ether oxygens (including phenoxy) is 1. The van der Waals surface area contributed by atoms with E-state index in [2.05, 4.69) is 10.6 Å². The lowest BCUT2D eigenvalue weighted by molar-refractivity contribution is -0.118. The molecule has 0 aliphatic carbocycles. The van der Waals surface area contributed by atoms with E-state index < -0.39 is 0 Å². The normalized spacial score (nSPS) is 10.2. The van der Waals surface area contributed by atoms with Crippen LogP contribution in [-0.2, 0) is 4.79 Å². The van der Waals surface area contributed by atoms with Crippen LogP contribution in [0.3, 0.4) is 0 Å². The highest BCUT2D eigenvalue weighted by Crippen LogP contribution is 2.20. The third kappa shape index (κ3) is 5.29. The number of carbonyl (C=O) groups is 1. The highest BCUT2D eigenvalue weighted by Gasteiger charge is 2.04. The lowest BCUT2D eigenvalue weighted by Gasteiger charge is -2.10. The molecule has 5 heteroatoms. The Balaban J connectivity index is 1.48. The molecule has 0 radical (unpaired) electrons. The third-order valence-electron chi connectivity index (χ3n) is 3.66. The summed E-state index contributed by atoms with van der Waals surface area (Å²) in [7, 11) is 0. The highest BCUT2D eigenvalue weighted by molar-refractivity contribution is 7.98. The molecule has 0 heterocycles. The number of hydrogen-bond donors (Lipinski definition) is 2. The lowest BCUT2D eigenvalue weighted by Crippen LogP contribution is -2.20. The molecule has 132 valence electrons. The molecule has 26 heavy (non-hydrogen) atoms. The molecule has 0 fully saturated rings. The van der Waals surface area contributed by atoms with E-state index in [9.17, 15) is 4.79 Å². The summed E-state index contributed by atoms with van der Waals surface area (Å²) in [6.07, 6.45) is 2.02. The number of nitrogens with one attached hydrogen (secondary N) is 2. The van der Waals surface area contributed by atoms with E-state index in [4.69, 9.17) is 4.74 Å². The smallest absolute Gasteiger partial charge is 0.262 e. The molecule has 3 rings (SSSR count). The zero-order valence-corrected chi connectivity index (χ0v) is 15.3. The lowest BCUT2D eigenvalue weighted by atomic mass is 10.2. The number of para-hydroxylation sites is 1. The van der Waals surface area contributed by atoms with Gasteiger partial charge in [-0.1, -0.05) is 18.2 Å². The summed E-state index contributed by atoms with van der Waals surface area (Å²) >= 11 is 1.66. The van der Waals surface area contributed by atoms with Crippen LogP contribution in [0, 0.1) is 0 Å². The van der Waals surface area contributed by atoms with Gasteiger partial charge >= 0.3 is 0 Å². The standard InChI is InChI=1S/C21H20N2O2S/c1-26-20-13-9-18(10-14-20)23-21(24)15-25-19-11-7-17(8-12-19)22-16-5-3-2-4-6-16/h2-14,22H,15H2,1H3,(H,23,24). The Bertz CT molecular complexity index is 834. The predicted octanol–water partition coefficient (Wildman–Crippen LogP) is 5.17. The van der Waals surface area contributed by atoms with Crippen LogP contribution in [0.15, 0.2) is 83.8 Å². The molecule has 0 saturated carbocycles. The quantitative estimate of drug-likeness (QED) is 0.568. The zero-order chi connectivity index (χ0) is 18.2. The average Bonchev–Trinajstić information content (AvgIpc) is 2.69. The van der Waals surface area contributed by atoms with E-state index in [1.54, 1.807) is 11.8 Å². The largest absolute Gasteiger partial charge is 0.484 e. The van der Waals surface area contributed by atoms with Crippen LogP contribution >= 0.6 is 11.8 Å². The first-order valence-electron chi connectivity index (χ1n) is 8.22. The van der Waals surface area contributed by atoms with Gasteiger partial charge in [0.05, 0.1) is 0 Å². The topological polar surface area (TPSA) is 50.4 Å². The first kappa shape index (κ1) is 17.9. The Morgan fingerprint density at radius 2 is 1.46 bits per heavy atom. The van der Waals surface area contributed by atoms with Crippen molar-refractivity contribution in [2.45, 2.75) is 4.90 Å². The molecule has 1 amide bonds. The monoisotopic (exact) mass is 364 g/mol. The van der Waals surface area contributed by atoms with E-state index in [0.717, 1.165) is 22.0 Å². The van der Waals surface area contributed by atoms with Crippen molar-refractivity contribution in [1.82, 2.24) is 0 Å². The van der Waals surface area contributed by atoms with Gasteiger partial charge in [-0.2, -0.15) is 0 Å². The van der Waals surface area contributed by atoms with Crippen LogP contribution < -0.4 is 15.4 Å². The predicted molar refractivity (Wildman–Crippen MR) is 109 cm³/mol. The van der Waals surface area contributed by atoms with Gasteiger partial charge in [0.25, 0.3) is 5.91 Å². The van der Waals surface area contributed by atoms with Gasteiger partial charge in [0.1, 0.15) is 5.75 Å². The minimum atomic E-state index is -0.187. The molecule has 0 spiro atoms. The fourth-order valence-electron chi connectivity index (χ4n) is 2.34. The first-order chi connectivity index (χ1) is 12.7. The molecule has 0 aromatic heterocycles. The van der Waals surface area contributed by atoms with Crippen LogP contribution in [0.4, 0.5) is 17.1 Å². The Morgan fingerprint density at radius 3 is 2.12 bits per heavy atom. The van der Waals surface area contributed by atoms with Gasteiger partial charge in [-0.25, -0.2) is 0 Å². The molecular weight excluding hydrogens is 344 g/mol. The summed E-state index contributed by atoms with van der Waals surface area (Å²) in [6.45, 7) is -0.0320. The summed E-state index contributed by atoms with van der Waals surface area (Å²) < 4.78 is 5.55. The van der Waals surface area contributed by atoms with Crippen molar-refractivity contribution in [3.05, 3.63) is 78.9 Å². The first-order valence-corrected chi connectivity index (χ1v) is 9.44. The number of hydrogen-bond acceptors (Lipinski definition) is 4. The van der Waals surface area contributed by atoms with Gasteiger partial charge in [-0.15, -0.1) is 11.8 Å². The second-order valence-corrected chi connectivity index (χ2v) is 6.46. The molecule has 3 aromatic rings. The summed E-state index contributed by atoms with van der Waals surface area (Å²) in [5, 5.41) is 6.12. The molecule has 0 aliphatic heterocycles. The van der Waals surface area contributed by atoms with Crippen molar-refractivity contribution in [1.29, 1.82) is 0 Å². The van der Waals surface area contributed by atoms with Crippen molar-refractivity contribution in [3.63, 3.8) is 0 Å². The maximum absolute atomic E-state index is 12.0. The van der Waals surface area contributed by atoms with Crippen LogP contribution in [-0.4, -0.2) is 18.8 Å². The molecular formula is C21H20N2O2S. The van der Waals surface area contributed by atoms with E-state index in [1.165, 1.54) is 0 Å². The van der Waals surface area contributed by atoms with Crippen LogP contribution in [0.2, 0.25) is 0 Å². The SMILES string of the molecule is CSc1ccc(NC(=O)COc2ccc(Nc3ccccc3)cc2)cc1. The van der Waals surface area contributed by atoms with Gasteiger partial charge in [0, 0.05) is 22.0 Å². The number of amides is 1. The van der Waals surface area contributed by atoms with Crippen LogP contribution in [0.25, 0.3) is 0 Å². The van der Waals surface area contributed by atoms with E-state index in [1.807, 2.05) is 85.1 Å². The van der Waals surface area contributed by atoms with Crippen molar-refractivity contribution in [3.8, 4) is 5.75 Å². The third-order valence-corrected chi connectivity index (χ3v) is 4.40. The highest BCUT2D eigenvalue weighted by atomic mass is 32.2. The molecule has 3 aromatic carbocycles. The molecule has 2 N–H and O–H groups in total. The van der Waals surface area contributed by atoms with Gasteiger partial charge in [0.15, 0.2) is 6.61 Å². The number of rotatable bonds is 7. The van der Waals surface area contributed by atoms with Crippen LogP contribution in [0.1, 0.15) is 0 Å². The molecule has 0 bridgehead atoms. The van der Waals surface area contributed by atoms with E-state index >= 15 is 0 Å². The number of benzene rings is 3. The number of anilines is 3. The van der Waals surface area contributed by atoms with Crippen molar-refractivity contribution in [2.75, 3.05) is 23.5 Å². The molecule has 0 aliphatic rings. The maximum Gasteiger partial charge on any atom is 0.262 e. The Kier molecular flexibility index (Phi) is 6.17. The van der Waals surface area contributed by atoms with Gasteiger partial charge in [0.2, 0.25) is 0 Å². The summed E-state index contributed by atoms with van der Waals surface area (Å²) in [5.74, 6) is 0.463. The number of carbonyl (C=O) groups excluding carboxylic acids is 1. The van der Waals surface area contributed by atoms with Gasteiger partial charge in [-0.05, 0) is 66.9 Å². The Hall–Kier alpha value is -2.92. The molecule has 0 atom stereocenters. The van der Waals surface area contributed by atoms with Crippen molar-refractivity contribution >= 4 is 34.7 Å². The summed E-state index contributed by atoms with van der Waals surface area (Å²) in [5.41, 5.74) is 2.74. The average molecular weight is 364 g/mol. The Labute approximate surface area is 157 Å². The zero-order valence-electron chi connectivity index (χ0n) is 14.4. The fraction of sp³-hybridized carbons (Fsp3) is 0.0952. The van der Waals surface area contributed by atoms with Crippen LogP contribution in [0.5, 0.6) is 5.75 Å². The summed E-state index contributed by atoms with van der Waals surface area (Å²) in [4.78, 5) is 13.2. The van der Waals surface area contributed by atoms with Crippen molar-refractivity contribution in [2.24, 2.45) is 0 Å². The van der Waals surface area contributed by atoms with Crippen molar-refractivity contribution < 1.29 is 9.53 Å². The minimum absolute atomic E-state index is 0.0320. The van der Waals surface area contributed by atoms with E-state index in [0.29, 0.717) is 5.75 Å². The molecule has 4 nitrogen and oxygen atoms in total. The number of thioether (sulfide) groups is 1. The molecule has 0 saturated heterocycles. The Morgan fingerprint density at radius 1 is 0.846 bits per heavy atom. The summed E-state index contributed by atoms with van der Waals surface area (Å²) in [6, 6.07) is 25.2. The van der Waals surface area contributed by atoms with Gasteiger partial charge < -0.3 is 15.4 Å². The van der Waals surface area contributed by atoms with Gasteiger partial charge in [-0.3, -0.25) is 4.79 Å². The second-order valence-electron chi connectivity index (χ2n) is 5.58. The van der Waals surface area contributed by atoms with E-state index in [-0.39, 0.29) is 12.5 Å². The second kappa shape index (κ2) is 8.97. The maximum atomic E-state index is 12.0. The minimum Gasteiger partial charge on any atom is -0.484 e.